The van der Waals surface area contributed by atoms with Gasteiger partial charge in [-0.25, -0.2) is 0 Å². The molecule has 1 aliphatic rings. The number of carbonyl (C=O) groups is 2. The number of benzene rings is 1. The Bertz CT molecular complexity index is 727. The first-order chi connectivity index (χ1) is 11.2. The zero-order valence-electron chi connectivity index (χ0n) is 12.5. The fraction of sp³-hybridized carbons (Fsp3) is 0.333. The highest BCUT2D eigenvalue weighted by atomic mass is 32.1. The molecule has 1 aliphatic carbocycles. The maximum atomic E-state index is 11.8. The Morgan fingerprint density at radius 1 is 1.39 bits per heavy atom. The molecular formula is C15H16N4O3S. The SMILES string of the molecule is COc1cccc(-c2nsc(NC(=O)CNC(=O)C3CC3)n2)c1. The molecule has 2 N–H and O–H groups in total. The highest BCUT2D eigenvalue weighted by Crippen LogP contribution is 2.28. The molecule has 8 heteroatoms. The van der Waals surface area contributed by atoms with Crippen molar-refractivity contribution in [2.75, 3.05) is 19.0 Å². The number of ether oxygens (including phenoxy) is 1. The van der Waals surface area contributed by atoms with E-state index in [-0.39, 0.29) is 24.3 Å². The Morgan fingerprint density at radius 3 is 2.96 bits per heavy atom. The molecule has 0 spiro atoms. The van der Waals surface area contributed by atoms with E-state index in [0.717, 1.165) is 29.9 Å². The molecule has 1 heterocycles. The summed E-state index contributed by atoms with van der Waals surface area (Å²) in [5, 5.41) is 5.64. The number of nitrogens with one attached hydrogen (secondary N) is 2. The molecule has 3 rings (SSSR count). The monoisotopic (exact) mass is 332 g/mol. The van der Waals surface area contributed by atoms with Crippen LogP contribution in [-0.4, -0.2) is 34.8 Å². The number of hydrogen-bond acceptors (Lipinski definition) is 6. The van der Waals surface area contributed by atoms with Gasteiger partial charge in [0, 0.05) is 23.0 Å². The minimum absolute atomic E-state index is 0.0522. The second-order valence-corrected chi connectivity index (χ2v) is 5.95. The number of amides is 2. The van der Waals surface area contributed by atoms with Gasteiger partial charge in [-0.3, -0.25) is 14.9 Å². The van der Waals surface area contributed by atoms with Gasteiger partial charge < -0.3 is 10.1 Å². The third-order valence-electron chi connectivity index (χ3n) is 3.37. The summed E-state index contributed by atoms with van der Waals surface area (Å²) >= 11 is 1.09. The lowest BCUT2D eigenvalue weighted by Gasteiger charge is -2.03. The maximum absolute atomic E-state index is 11.8. The number of aromatic nitrogens is 2. The van der Waals surface area contributed by atoms with Crippen LogP contribution in [0.4, 0.5) is 5.13 Å². The lowest BCUT2D eigenvalue weighted by Crippen LogP contribution is -2.33. The van der Waals surface area contributed by atoms with E-state index in [9.17, 15) is 9.59 Å². The second-order valence-electron chi connectivity index (χ2n) is 5.20. The Balaban J connectivity index is 1.57. The first kappa shape index (κ1) is 15.4. The molecule has 120 valence electrons. The molecule has 1 aromatic carbocycles. The largest absolute Gasteiger partial charge is 0.497 e. The molecule has 0 radical (unpaired) electrons. The molecule has 0 aliphatic heterocycles. The maximum Gasteiger partial charge on any atom is 0.245 e. The fourth-order valence-electron chi connectivity index (χ4n) is 1.97. The van der Waals surface area contributed by atoms with Crippen LogP contribution in [-0.2, 0) is 9.59 Å². The van der Waals surface area contributed by atoms with E-state index in [4.69, 9.17) is 4.74 Å². The molecule has 7 nitrogen and oxygen atoms in total. The minimum Gasteiger partial charge on any atom is -0.497 e. The van der Waals surface area contributed by atoms with Crippen LogP contribution in [0, 0.1) is 5.92 Å². The third kappa shape index (κ3) is 4.04. The molecule has 0 atom stereocenters. The standard InChI is InChI=1S/C15H16N4O3S/c1-22-11-4-2-3-10(7-11)13-18-15(23-19-13)17-12(20)8-16-14(21)9-5-6-9/h2-4,7,9H,5-6,8H2,1H3,(H,16,21)(H,17,18,19,20). The predicted molar refractivity (Wildman–Crippen MR) is 86.3 cm³/mol. The van der Waals surface area contributed by atoms with Crippen molar-refractivity contribution in [1.29, 1.82) is 0 Å². The molecule has 0 unspecified atom stereocenters. The molecule has 1 aromatic heterocycles. The summed E-state index contributed by atoms with van der Waals surface area (Å²) in [6.07, 6.45) is 1.82. The average Bonchev–Trinajstić information content (AvgIpc) is 3.32. The van der Waals surface area contributed by atoms with E-state index in [1.54, 1.807) is 7.11 Å². The summed E-state index contributed by atoms with van der Waals surface area (Å²) in [6.45, 7) is -0.0522. The van der Waals surface area contributed by atoms with Gasteiger partial charge in [-0.15, -0.1) is 0 Å². The summed E-state index contributed by atoms with van der Waals surface area (Å²) < 4.78 is 9.39. The summed E-state index contributed by atoms with van der Waals surface area (Å²) in [5.74, 6) is 0.947. The van der Waals surface area contributed by atoms with Gasteiger partial charge in [-0.1, -0.05) is 12.1 Å². The fourth-order valence-corrected chi connectivity index (χ4v) is 2.58. The molecule has 2 amide bonds. The molecule has 1 saturated carbocycles. The highest BCUT2D eigenvalue weighted by Gasteiger charge is 2.29. The van der Waals surface area contributed by atoms with E-state index in [1.165, 1.54) is 0 Å². The van der Waals surface area contributed by atoms with Gasteiger partial charge in [0.2, 0.25) is 16.9 Å². The smallest absolute Gasteiger partial charge is 0.245 e. The molecule has 1 fully saturated rings. The van der Waals surface area contributed by atoms with Crippen LogP contribution in [0.25, 0.3) is 11.4 Å². The van der Waals surface area contributed by atoms with Crippen molar-refractivity contribution in [3.63, 3.8) is 0 Å². The second kappa shape index (κ2) is 6.74. The van der Waals surface area contributed by atoms with Gasteiger partial charge in [-0.05, 0) is 25.0 Å². The van der Waals surface area contributed by atoms with Crippen molar-refractivity contribution in [2.45, 2.75) is 12.8 Å². The first-order valence-electron chi connectivity index (χ1n) is 7.21. The lowest BCUT2D eigenvalue weighted by molar-refractivity contribution is -0.125. The van der Waals surface area contributed by atoms with Crippen molar-refractivity contribution < 1.29 is 14.3 Å². The predicted octanol–water partition coefficient (Wildman–Crippen LogP) is 1.68. The van der Waals surface area contributed by atoms with E-state index in [0.29, 0.717) is 16.7 Å². The van der Waals surface area contributed by atoms with Crippen LogP contribution in [0.1, 0.15) is 12.8 Å². The van der Waals surface area contributed by atoms with Crippen molar-refractivity contribution in [1.82, 2.24) is 14.7 Å². The van der Waals surface area contributed by atoms with Gasteiger partial charge in [0.15, 0.2) is 5.82 Å². The van der Waals surface area contributed by atoms with Crippen molar-refractivity contribution in [3.8, 4) is 17.1 Å². The number of nitrogens with zero attached hydrogens (tertiary/aromatic N) is 2. The van der Waals surface area contributed by atoms with E-state index >= 15 is 0 Å². The van der Waals surface area contributed by atoms with Gasteiger partial charge in [0.25, 0.3) is 0 Å². The first-order valence-corrected chi connectivity index (χ1v) is 7.99. The number of hydrogen-bond donors (Lipinski definition) is 2. The number of anilines is 1. The Kier molecular flexibility index (Phi) is 4.52. The van der Waals surface area contributed by atoms with Crippen molar-refractivity contribution in [2.24, 2.45) is 5.92 Å². The zero-order valence-corrected chi connectivity index (χ0v) is 13.4. The number of methoxy groups -OCH3 is 1. The minimum atomic E-state index is -0.313. The topological polar surface area (TPSA) is 93.2 Å². The summed E-state index contributed by atoms with van der Waals surface area (Å²) in [6, 6.07) is 7.37. The normalized spacial score (nSPS) is 13.4. The Labute approximate surface area is 137 Å². The van der Waals surface area contributed by atoms with Crippen LogP contribution in [0.2, 0.25) is 0 Å². The highest BCUT2D eigenvalue weighted by molar-refractivity contribution is 7.10. The quantitative estimate of drug-likeness (QED) is 0.839. The summed E-state index contributed by atoms with van der Waals surface area (Å²) in [5.41, 5.74) is 0.808. The van der Waals surface area contributed by atoms with Crippen LogP contribution >= 0.6 is 11.5 Å². The number of carbonyl (C=O) groups excluding carboxylic acids is 2. The lowest BCUT2D eigenvalue weighted by atomic mass is 10.2. The van der Waals surface area contributed by atoms with Crippen LogP contribution in [0.5, 0.6) is 5.75 Å². The van der Waals surface area contributed by atoms with Gasteiger partial charge >= 0.3 is 0 Å². The van der Waals surface area contributed by atoms with Crippen LogP contribution in [0.3, 0.4) is 0 Å². The van der Waals surface area contributed by atoms with Crippen molar-refractivity contribution in [3.05, 3.63) is 24.3 Å². The van der Waals surface area contributed by atoms with Gasteiger partial charge in [-0.2, -0.15) is 9.36 Å². The van der Waals surface area contributed by atoms with Gasteiger partial charge in [0.1, 0.15) is 5.75 Å². The average molecular weight is 332 g/mol. The zero-order chi connectivity index (χ0) is 16.2. The van der Waals surface area contributed by atoms with E-state index in [2.05, 4.69) is 20.0 Å². The van der Waals surface area contributed by atoms with Crippen LogP contribution < -0.4 is 15.4 Å². The molecule has 2 aromatic rings. The van der Waals surface area contributed by atoms with E-state index in [1.807, 2.05) is 24.3 Å². The molecule has 23 heavy (non-hydrogen) atoms. The summed E-state index contributed by atoms with van der Waals surface area (Å²) in [4.78, 5) is 27.6. The van der Waals surface area contributed by atoms with Crippen LogP contribution in [0.15, 0.2) is 24.3 Å². The third-order valence-corrected chi connectivity index (χ3v) is 4.00. The Morgan fingerprint density at radius 2 is 2.22 bits per heavy atom. The molecule has 0 saturated heterocycles. The molecule has 0 bridgehead atoms. The van der Waals surface area contributed by atoms with Gasteiger partial charge in [0.05, 0.1) is 13.7 Å². The molecular weight excluding hydrogens is 316 g/mol. The Hall–Kier alpha value is -2.48. The van der Waals surface area contributed by atoms with E-state index < -0.39 is 0 Å². The van der Waals surface area contributed by atoms with Crippen molar-refractivity contribution >= 4 is 28.5 Å². The number of rotatable bonds is 6. The summed E-state index contributed by atoms with van der Waals surface area (Å²) in [7, 11) is 1.59.